The van der Waals surface area contributed by atoms with Crippen LogP contribution in [-0.4, -0.2) is 35.2 Å². The zero-order valence-electron chi connectivity index (χ0n) is 41.8. The highest BCUT2D eigenvalue weighted by molar-refractivity contribution is 5.69. The molecule has 0 rings (SSSR count). The molecule has 0 aliphatic rings. The predicted molar refractivity (Wildman–Crippen MR) is 261 cm³/mol. The lowest BCUT2D eigenvalue weighted by Gasteiger charge is -2.07. The lowest BCUT2D eigenvalue weighted by molar-refractivity contribution is -0.148. The fraction of sp³-hybridized carbons (Fsp3) is 0.944. The van der Waals surface area contributed by atoms with Crippen LogP contribution in [0.5, 0.6) is 0 Å². The van der Waals surface area contributed by atoms with Crippen LogP contribution in [0.15, 0.2) is 0 Å². The zero-order chi connectivity index (χ0) is 45.0. The van der Waals surface area contributed by atoms with Crippen LogP contribution in [0.1, 0.15) is 318 Å². The van der Waals surface area contributed by atoms with Gasteiger partial charge in [0.25, 0.3) is 0 Å². The van der Waals surface area contributed by atoms with Gasteiger partial charge in [0.05, 0.1) is 12.2 Å². The summed E-state index contributed by atoms with van der Waals surface area (Å²) in [6, 6.07) is 0. The van der Waals surface area contributed by atoms with Gasteiger partial charge in [-0.25, -0.2) is 0 Å². The van der Waals surface area contributed by atoms with E-state index in [1.54, 1.807) is 0 Å². The molecule has 0 aromatic carbocycles. The van der Waals surface area contributed by atoms with E-state index in [0.29, 0.717) is 19.3 Å². The largest absolute Gasteiger partial charge is 0.481 e. The van der Waals surface area contributed by atoms with Crippen molar-refractivity contribution < 1.29 is 29.0 Å². The van der Waals surface area contributed by atoms with Crippen LogP contribution in [0.2, 0.25) is 0 Å². The molecule has 0 aromatic rings. The van der Waals surface area contributed by atoms with Crippen LogP contribution in [0.4, 0.5) is 0 Å². The molecular weight excluding hydrogens is 745 g/mol. The number of carbonyl (C=O) groups is 3. The summed E-state index contributed by atoms with van der Waals surface area (Å²) in [4.78, 5) is 33.0. The minimum absolute atomic E-state index is 0.0267. The lowest BCUT2D eigenvalue weighted by atomic mass is 10.0. The summed E-state index contributed by atoms with van der Waals surface area (Å²) >= 11 is 0. The van der Waals surface area contributed by atoms with Crippen LogP contribution >= 0.6 is 0 Å². The highest BCUT2D eigenvalue weighted by atomic mass is 16.5. The Morgan fingerprint density at radius 3 is 0.633 bits per heavy atom. The highest BCUT2D eigenvalue weighted by Crippen LogP contribution is 2.16. The van der Waals surface area contributed by atoms with Gasteiger partial charge in [-0.05, 0) is 47.0 Å². The number of carboxylic acid groups (broad SMARTS) is 1. The summed E-state index contributed by atoms with van der Waals surface area (Å²) in [6.45, 7) is 14.4. The molecule has 1 N–H and O–H groups in total. The van der Waals surface area contributed by atoms with Gasteiger partial charge in [0.2, 0.25) is 0 Å². The second-order valence-electron chi connectivity index (χ2n) is 18.4. The molecule has 0 aliphatic heterocycles. The summed E-state index contributed by atoms with van der Waals surface area (Å²) < 4.78 is 10.2. The molecule has 6 heteroatoms. The highest BCUT2D eigenvalue weighted by Gasteiger charge is 2.06. The summed E-state index contributed by atoms with van der Waals surface area (Å²) in [5.41, 5.74) is 0. The Kier molecular flexibility index (Phi) is 57.9. The summed E-state index contributed by atoms with van der Waals surface area (Å²) in [5.74, 6) is -0.723. The number of aliphatic carboxylic acids is 1. The van der Waals surface area contributed by atoms with Crippen LogP contribution in [0.3, 0.4) is 0 Å². The van der Waals surface area contributed by atoms with E-state index in [1.165, 1.54) is 225 Å². The van der Waals surface area contributed by atoms with Crippen molar-refractivity contribution in [1.29, 1.82) is 0 Å². The summed E-state index contributed by atoms with van der Waals surface area (Å²) in [5, 5.41) is 8.46. The summed E-state index contributed by atoms with van der Waals surface area (Å²) in [6.07, 6.45) is 53.3. The molecule has 0 atom stereocenters. The molecule has 0 saturated heterocycles. The van der Waals surface area contributed by atoms with Crippen LogP contribution in [0, 0.1) is 0 Å². The molecule has 0 fully saturated rings. The average molecular weight is 853 g/mol. The number of carboxylic acids is 1. The minimum atomic E-state index is -0.657. The van der Waals surface area contributed by atoms with Crippen molar-refractivity contribution in [1.82, 2.24) is 0 Å². The van der Waals surface area contributed by atoms with Crippen molar-refractivity contribution in [3.8, 4) is 0 Å². The Morgan fingerprint density at radius 1 is 0.300 bits per heavy atom. The van der Waals surface area contributed by atoms with Crippen molar-refractivity contribution in [3.05, 3.63) is 0 Å². The Morgan fingerprint density at radius 2 is 0.467 bits per heavy atom. The van der Waals surface area contributed by atoms with Crippen molar-refractivity contribution in [3.63, 3.8) is 0 Å². The predicted octanol–water partition coefficient (Wildman–Crippen LogP) is 18.4. The molecule has 0 aliphatic carbocycles. The van der Waals surface area contributed by atoms with E-state index in [2.05, 4.69) is 20.8 Å². The number of rotatable bonds is 44. The van der Waals surface area contributed by atoms with Crippen molar-refractivity contribution in [2.24, 2.45) is 0 Å². The maximum atomic E-state index is 11.4. The molecule has 0 aromatic heterocycles. The average Bonchev–Trinajstić information content (AvgIpc) is 3.20. The molecule has 0 heterocycles. The first-order chi connectivity index (χ1) is 29.1. The van der Waals surface area contributed by atoms with E-state index in [4.69, 9.17) is 14.6 Å². The molecule has 0 unspecified atom stereocenters. The molecule has 0 radical (unpaired) electrons. The zero-order valence-corrected chi connectivity index (χ0v) is 41.8. The smallest absolute Gasteiger partial charge is 0.306 e. The van der Waals surface area contributed by atoms with Gasteiger partial charge in [0.1, 0.15) is 0 Å². The second kappa shape index (κ2) is 55.4. The maximum absolute atomic E-state index is 11.4. The number of ether oxygens (including phenoxy) is 2. The molecular formula is C54H108O6. The van der Waals surface area contributed by atoms with E-state index in [-0.39, 0.29) is 24.1 Å². The van der Waals surface area contributed by atoms with Crippen LogP contribution in [0.25, 0.3) is 0 Å². The van der Waals surface area contributed by atoms with Gasteiger partial charge in [0.15, 0.2) is 0 Å². The van der Waals surface area contributed by atoms with E-state index < -0.39 is 5.97 Å². The first-order valence-corrected chi connectivity index (χ1v) is 26.7. The normalized spacial score (nSPS) is 10.9. The molecule has 60 heavy (non-hydrogen) atoms. The first kappa shape index (κ1) is 62.7. The monoisotopic (exact) mass is 853 g/mol. The van der Waals surface area contributed by atoms with Crippen LogP contribution in [-0.2, 0) is 23.9 Å². The Bertz CT molecular complexity index is 840. The third-order valence-corrected chi connectivity index (χ3v) is 11.2. The quantitative estimate of drug-likeness (QED) is 0.0485. The number of carbonyl (C=O) groups excluding carboxylic acids is 2. The Balaban J connectivity index is -0.000000826. The van der Waals surface area contributed by atoms with Crippen LogP contribution < -0.4 is 0 Å². The Labute approximate surface area is 376 Å². The minimum Gasteiger partial charge on any atom is -0.481 e. The number of unbranched alkanes of at least 4 members (excludes halogenated alkanes) is 36. The van der Waals surface area contributed by atoms with E-state index in [9.17, 15) is 14.4 Å². The fourth-order valence-corrected chi connectivity index (χ4v) is 7.51. The van der Waals surface area contributed by atoms with Gasteiger partial charge in [-0.15, -0.1) is 0 Å². The van der Waals surface area contributed by atoms with Gasteiger partial charge in [0, 0.05) is 19.3 Å². The van der Waals surface area contributed by atoms with Gasteiger partial charge >= 0.3 is 17.9 Å². The molecule has 6 nitrogen and oxygen atoms in total. The molecule has 0 bridgehead atoms. The summed E-state index contributed by atoms with van der Waals surface area (Å²) in [7, 11) is 0. The van der Waals surface area contributed by atoms with Crippen molar-refractivity contribution in [2.45, 2.75) is 330 Å². The number of esters is 2. The number of hydrogen-bond donors (Lipinski definition) is 1. The molecule has 360 valence electrons. The molecule has 0 amide bonds. The van der Waals surface area contributed by atoms with E-state index in [1.807, 2.05) is 27.7 Å². The van der Waals surface area contributed by atoms with E-state index >= 15 is 0 Å². The third-order valence-electron chi connectivity index (χ3n) is 11.2. The SMILES string of the molecule is CCCCCCCCCCCCCC(=O)O.CCCCCCCCCCCCCCCC(=O)OC(C)C.CCCCCCCCCCCCCCCCCC(=O)OC(C)C. The standard InChI is InChI=1S/C21H42O2.C19H38O2.C14H28O2/c1-4-5-6-7-8-9-10-11-12-13-14-15-16-17-18-19-21(22)23-20(2)3;1-4-5-6-7-8-9-10-11-12-13-14-15-16-17-19(20)21-18(2)3;1-2-3-4-5-6-7-8-9-10-11-12-13-14(15)16/h20H,4-19H2,1-3H3;18H,4-17H2,1-3H3;2-13H2,1H3,(H,15,16). The van der Waals surface area contributed by atoms with Gasteiger partial charge in [-0.3, -0.25) is 14.4 Å². The molecule has 0 spiro atoms. The third kappa shape index (κ3) is 65.5. The van der Waals surface area contributed by atoms with Crippen molar-refractivity contribution >= 4 is 17.9 Å². The maximum Gasteiger partial charge on any atom is 0.306 e. The lowest BCUT2D eigenvalue weighted by Crippen LogP contribution is -2.10. The van der Waals surface area contributed by atoms with E-state index in [0.717, 1.165) is 25.7 Å². The van der Waals surface area contributed by atoms with Gasteiger partial charge in [-0.1, -0.05) is 252 Å². The number of hydrogen-bond acceptors (Lipinski definition) is 5. The Hall–Kier alpha value is -1.59. The van der Waals surface area contributed by atoms with Gasteiger partial charge in [-0.2, -0.15) is 0 Å². The molecule has 0 saturated carbocycles. The van der Waals surface area contributed by atoms with Gasteiger partial charge < -0.3 is 14.6 Å². The van der Waals surface area contributed by atoms with Crippen molar-refractivity contribution in [2.75, 3.05) is 0 Å². The fourth-order valence-electron chi connectivity index (χ4n) is 7.51. The second-order valence-corrected chi connectivity index (χ2v) is 18.4. The topological polar surface area (TPSA) is 89.9 Å². The first-order valence-electron chi connectivity index (χ1n) is 26.7.